The van der Waals surface area contributed by atoms with Gasteiger partial charge in [0.05, 0.1) is 10.7 Å². The van der Waals surface area contributed by atoms with Gasteiger partial charge in [-0.05, 0) is 49.3 Å². The van der Waals surface area contributed by atoms with Crippen LogP contribution in [0.15, 0.2) is 18.2 Å². The molecule has 1 aliphatic carbocycles. The Bertz CT molecular complexity index is 516. The van der Waals surface area contributed by atoms with Gasteiger partial charge < -0.3 is 10.2 Å². The molecule has 1 amide bonds. The normalized spacial score (nSPS) is 18.3. The first-order chi connectivity index (χ1) is 9.78. The van der Waals surface area contributed by atoms with Gasteiger partial charge in [0, 0.05) is 25.7 Å². The van der Waals surface area contributed by atoms with Crippen LogP contribution in [-0.2, 0) is 0 Å². The Morgan fingerprint density at radius 1 is 1.29 bits per heavy atom. The van der Waals surface area contributed by atoms with Crippen molar-refractivity contribution in [1.82, 2.24) is 4.90 Å². The molecule has 1 fully saturated rings. The maximum absolute atomic E-state index is 12.0. The fraction of sp³-hybridized carbons (Fsp3) is 0.588. The number of hydrogen-bond donors (Lipinski definition) is 1. The lowest BCUT2D eigenvalue weighted by atomic mass is 9.75. The van der Waals surface area contributed by atoms with E-state index in [1.807, 2.05) is 6.07 Å². The third-order valence-corrected chi connectivity index (χ3v) is 4.65. The molecule has 1 saturated carbocycles. The van der Waals surface area contributed by atoms with Crippen molar-refractivity contribution < 1.29 is 4.79 Å². The highest BCUT2D eigenvalue weighted by Gasteiger charge is 2.27. The lowest BCUT2D eigenvalue weighted by Gasteiger charge is -2.35. The highest BCUT2D eigenvalue weighted by molar-refractivity contribution is 6.33. The number of nitrogens with zero attached hydrogens (tertiary/aromatic N) is 1. The van der Waals surface area contributed by atoms with Crippen LogP contribution in [0.4, 0.5) is 5.69 Å². The Labute approximate surface area is 132 Å². The number of rotatable bonds is 3. The molecule has 0 spiro atoms. The third-order valence-electron chi connectivity index (χ3n) is 4.32. The van der Waals surface area contributed by atoms with Crippen LogP contribution in [0.5, 0.6) is 0 Å². The quantitative estimate of drug-likeness (QED) is 0.896. The van der Waals surface area contributed by atoms with Crippen molar-refractivity contribution in [2.45, 2.75) is 45.6 Å². The molecule has 1 aromatic carbocycles. The number of carbonyl (C=O) groups excluding carboxylic acids is 1. The molecule has 2 rings (SSSR count). The zero-order valence-corrected chi connectivity index (χ0v) is 14.1. The minimum Gasteiger partial charge on any atom is -0.381 e. The monoisotopic (exact) mass is 308 g/mol. The molecule has 4 heteroatoms. The predicted molar refractivity (Wildman–Crippen MR) is 89.1 cm³/mol. The first kappa shape index (κ1) is 16.2. The molecule has 21 heavy (non-hydrogen) atoms. The van der Waals surface area contributed by atoms with Crippen LogP contribution < -0.4 is 5.32 Å². The average molecular weight is 309 g/mol. The Kier molecular flexibility index (Phi) is 4.82. The topological polar surface area (TPSA) is 32.3 Å². The second kappa shape index (κ2) is 6.27. The summed E-state index contributed by atoms with van der Waals surface area (Å²) in [6.07, 6.45) is 4.74. The van der Waals surface area contributed by atoms with Gasteiger partial charge in [0.15, 0.2) is 0 Å². The highest BCUT2D eigenvalue weighted by atomic mass is 35.5. The molecule has 0 radical (unpaired) electrons. The van der Waals surface area contributed by atoms with Crippen LogP contribution in [-0.4, -0.2) is 30.9 Å². The maximum Gasteiger partial charge on any atom is 0.253 e. The zero-order chi connectivity index (χ0) is 15.6. The zero-order valence-electron chi connectivity index (χ0n) is 13.4. The van der Waals surface area contributed by atoms with E-state index < -0.39 is 0 Å². The SMILES string of the molecule is CN(C)C(=O)c1ccc(Cl)c(NC2CCC(C)(C)CC2)c1. The summed E-state index contributed by atoms with van der Waals surface area (Å²) in [5, 5.41) is 4.19. The molecule has 116 valence electrons. The fourth-order valence-corrected chi connectivity index (χ4v) is 2.96. The highest BCUT2D eigenvalue weighted by Crippen LogP contribution is 2.37. The molecule has 1 aliphatic rings. The van der Waals surface area contributed by atoms with E-state index in [4.69, 9.17) is 11.6 Å². The number of anilines is 1. The molecular formula is C17H25ClN2O. The molecule has 0 unspecified atom stereocenters. The van der Waals surface area contributed by atoms with Crippen LogP contribution in [0, 0.1) is 5.41 Å². The first-order valence-corrected chi connectivity index (χ1v) is 7.94. The van der Waals surface area contributed by atoms with Gasteiger partial charge in [-0.25, -0.2) is 0 Å². The van der Waals surface area contributed by atoms with Crippen LogP contribution in [0.1, 0.15) is 49.9 Å². The summed E-state index contributed by atoms with van der Waals surface area (Å²) < 4.78 is 0. The summed E-state index contributed by atoms with van der Waals surface area (Å²) in [5.74, 6) is -0.000468. The molecular weight excluding hydrogens is 284 g/mol. The Morgan fingerprint density at radius 3 is 2.48 bits per heavy atom. The Balaban J connectivity index is 2.09. The van der Waals surface area contributed by atoms with E-state index in [1.165, 1.54) is 12.8 Å². The lowest BCUT2D eigenvalue weighted by Crippen LogP contribution is -2.30. The van der Waals surface area contributed by atoms with E-state index in [2.05, 4.69) is 19.2 Å². The van der Waals surface area contributed by atoms with E-state index in [-0.39, 0.29) is 5.91 Å². The number of amides is 1. The van der Waals surface area contributed by atoms with Crippen molar-refractivity contribution in [2.24, 2.45) is 5.41 Å². The molecule has 1 N–H and O–H groups in total. The molecule has 0 aliphatic heterocycles. The second-order valence-electron chi connectivity index (χ2n) is 6.98. The smallest absolute Gasteiger partial charge is 0.253 e. The standard InChI is InChI=1S/C17H25ClN2O/c1-17(2)9-7-13(8-10-17)19-15-11-12(5-6-14(15)18)16(21)20(3)4/h5-6,11,13,19H,7-10H2,1-4H3. The fourth-order valence-electron chi connectivity index (χ4n) is 2.79. The minimum absolute atomic E-state index is 0.000468. The molecule has 0 atom stereocenters. The molecule has 0 aromatic heterocycles. The van der Waals surface area contributed by atoms with Gasteiger partial charge in [0.2, 0.25) is 0 Å². The minimum atomic E-state index is -0.000468. The molecule has 3 nitrogen and oxygen atoms in total. The van der Waals surface area contributed by atoms with Crippen molar-refractivity contribution in [3.63, 3.8) is 0 Å². The van der Waals surface area contributed by atoms with E-state index in [9.17, 15) is 4.79 Å². The average Bonchev–Trinajstić information content (AvgIpc) is 2.42. The van der Waals surface area contributed by atoms with Crippen LogP contribution in [0.25, 0.3) is 0 Å². The van der Waals surface area contributed by atoms with Crippen molar-refractivity contribution in [1.29, 1.82) is 0 Å². The van der Waals surface area contributed by atoms with Gasteiger partial charge >= 0.3 is 0 Å². The van der Waals surface area contributed by atoms with E-state index in [0.717, 1.165) is 18.5 Å². The maximum atomic E-state index is 12.0. The molecule has 0 saturated heterocycles. The van der Waals surface area contributed by atoms with Gasteiger partial charge in [-0.3, -0.25) is 4.79 Å². The van der Waals surface area contributed by atoms with Gasteiger partial charge in [-0.1, -0.05) is 25.4 Å². The third kappa shape index (κ3) is 4.13. The Morgan fingerprint density at radius 2 is 1.90 bits per heavy atom. The number of nitrogens with one attached hydrogen (secondary N) is 1. The van der Waals surface area contributed by atoms with Crippen LogP contribution in [0.3, 0.4) is 0 Å². The largest absolute Gasteiger partial charge is 0.381 e. The van der Waals surface area contributed by atoms with Crippen molar-refractivity contribution >= 4 is 23.2 Å². The number of carbonyl (C=O) groups is 1. The first-order valence-electron chi connectivity index (χ1n) is 7.56. The van der Waals surface area contributed by atoms with Gasteiger partial charge in [0.25, 0.3) is 5.91 Å². The number of halogens is 1. The van der Waals surface area contributed by atoms with Gasteiger partial charge in [0.1, 0.15) is 0 Å². The summed E-state index contributed by atoms with van der Waals surface area (Å²) in [6.45, 7) is 4.65. The lowest BCUT2D eigenvalue weighted by molar-refractivity contribution is 0.0827. The van der Waals surface area contributed by atoms with Crippen LogP contribution >= 0.6 is 11.6 Å². The molecule has 1 aromatic rings. The molecule has 0 heterocycles. The van der Waals surface area contributed by atoms with Crippen molar-refractivity contribution in [3.8, 4) is 0 Å². The summed E-state index contributed by atoms with van der Waals surface area (Å²) in [7, 11) is 3.51. The van der Waals surface area contributed by atoms with E-state index in [0.29, 0.717) is 22.0 Å². The summed E-state index contributed by atoms with van der Waals surface area (Å²) in [5.41, 5.74) is 1.99. The molecule has 0 bridgehead atoms. The summed E-state index contributed by atoms with van der Waals surface area (Å²) in [4.78, 5) is 13.6. The van der Waals surface area contributed by atoms with Crippen LogP contribution in [0.2, 0.25) is 5.02 Å². The number of hydrogen-bond acceptors (Lipinski definition) is 2. The number of benzene rings is 1. The van der Waals surface area contributed by atoms with E-state index in [1.54, 1.807) is 31.1 Å². The summed E-state index contributed by atoms with van der Waals surface area (Å²) in [6, 6.07) is 5.89. The van der Waals surface area contributed by atoms with Gasteiger partial charge in [-0.2, -0.15) is 0 Å². The van der Waals surface area contributed by atoms with Crippen molar-refractivity contribution in [3.05, 3.63) is 28.8 Å². The predicted octanol–water partition coefficient (Wildman–Crippen LogP) is 4.42. The van der Waals surface area contributed by atoms with Crippen molar-refractivity contribution in [2.75, 3.05) is 19.4 Å². The summed E-state index contributed by atoms with van der Waals surface area (Å²) >= 11 is 6.27. The Hall–Kier alpha value is -1.22. The second-order valence-corrected chi connectivity index (χ2v) is 7.38. The van der Waals surface area contributed by atoms with E-state index >= 15 is 0 Å². The van der Waals surface area contributed by atoms with Gasteiger partial charge in [-0.15, -0.1) is 0 Å².